The molecule has 3 rings (SSSR count). The van der Waals surface area contributed by atoms with E-state index in [-0.39, 0.29) is 5.41 Å². The predicted molar refractivity (Wildman–Crippen MR) is 98.0 cm³/mol. The number of aromatic nitrogens is 1. The van der Waals surface area contributed by atoms with Crippen molar-refractivity contribution in [3.63, 3.8) is 0 Å². The van der Waals surface area contributed by atoms with E-state index in [2.05, 4.69) is 80.9 Å². The minimum Gasteiger partial charge on any atom is -0.475 e. The Morgan fingerprint density at radius 2 is 2.17 bits per heavy atom. The van der Waals surface area contributed by atoms with Crippen molar-refractivity contribution in [3.8, 4) is 0 Å². The molecule has 0 bridgehead atoms. The van der Waals surface area contributed by atoms with Crippen LogP contribution in [0.25, 0.3) is 10.9 Å². The van der Waals surface area contributed by atoms with Crippen LogP contribution in [0.15, 0.2) is 55.3 Å². The van der Waals surface area contributed by atoms with E-state index in [0.717, 1.165) is 12.8 Å². The Morgan fingerprint density at radius 1 is 1.43 bits per heavy atom. The third-order valence-electron chi connectivity index (χ3n) is 5.91. The van der Waals surface area contributed by atoms with Gasteiger partial charge in [-0.15, -0.1) is 6.58 Å². The van der Waals surface area contributed by atoms with Crippen molar-refractivity contribution in [2.45, 2.75) is 38.6 Å². The zero-order valence-corrected chi connectivity index (χ0v) is 14.3. The number of nitrogens with two attached hydrogens (primary N) is 1. The molecule has 1 aromatic carbocycles. The molecule has 1 heterocycles. The minimum absolute atomic E-state index is 0.0940. The third kappa shape index (κ3) is 2.55. The van der Waals surface area contributed by atoms with E-state index in [1.165, 1.54) is 22.0 Å². The maximum Gasteiger partial charge on any atom is 0.0785 e. The number of quaternary nitrogens is 1. The molecule has 2 aromatic rings. The highest BCUT2D eigenvalue weighted by Gasteiger charge is 2.47. The van der Waals surface area contributed by atoms with Gasteiger partial charge in [0, 0.05) is 28.4 Å². The number of allylic oxidation sites excluding steroid dienone is 1. The number of fused-ring (bicyclic) bond motifs is 1. The topological polar surface area (TPSA) is 32.4 Å². The monoisotopic (exact) mass is 308 g/mol. The number of nitrogens with one attached hydrogen (secondary N) is 1. The van der Waals surface area contributed by atoms with Crippen LogP contribution in [0.2, 0.25) is 0 Å². The van der Waals surface area contributed by atoms with E-state index in [4.69, 9.17) is 0 Å². The Hall–Kier alpha value is -1.80. The average molecular weight is 308 g/mol. The normalized spacial score (nSPS) is 31.2. The highest BCUT2D eigenvalue weighted by atomic mass is 14.9. The summed E-state index contributed by atoms with van der Waals surface area (Å²) in [6.45, 7) is 12.9. The van der Waals surface area contributed by atoms with Gasteiger partial charge < -0.3 is 10.3 Å². The lowest BCUT2D eigenvalue weighted by Crippen LogP contribution is -2.89. The Labute approximate surface area is 139 Å². The van der Waals surface area contributed by atoms with Crippen LogP contribution in [0.3, 0.4) is 0 Å². The molecule has 2 heteroatoms. The molecule has 0 amide bonds. The molecule has 2 nitrogen and oxygen atoms in total. The lowest BCUT2D eigenvalue weighted by Gasteiger charge is -2.47. The Kier molecular flexibility index (Phi) is 4.20. The maximum atomic E-state index is 4.29. The van der Waals surface area contributed by atoms with Gasteiger partial charge in [-0.25, -0.2) is 0 Å². The Bertz CT molecular complexity index is 726. The van der Waals surface area contributed by atoms with Gasteiger partial charge in [-0.1, -0.05) is 43.4 Å². The summed E-state index contributed by atoms with van der Waals surface area (Å²) in [5.41, 5.74) is 3.97. The fraction of sp³-hybridized carbons (Fsp3) is 0.381. The van der Waals surface area contributed by atoms with Crippen LogP contribution in [0.5, 0.6) is 0 Å². The van der Waals surface area contributed by atoms with E-state index in [9.17, 15) is 0 Å². The van der Waals surface area contributed by atoms with Crippen molar-refractivity contribution in [1.82, 2.24) is 4.98 Å². The number of hydrogen-bond donors (Lipinski definition) is 2. The van der Waals surface area contributed by atoms with Gasteiger partial charge in [0.05, 0.1) is 6.04 Å². The first-order valence-corrected chi connectivity index (χ1v) is 8.49. The molecule has 4 atom stereocenters. The molecule has 1 aliphatic rings. The molecule has 3 N–H and O–H groups in total. The molecule has 4 unspecified atom stereocenters. The van der Waals surface area contributed by atoms with Gasteiger partial charge in [0.2, 0.25) is 0 Å². The highest BCUT2D eigenvalue weighted by Crippen LogP contribution is 2.49. The van der Waals surface area contributed by atoms with Gasteiger partial charge in [0.25, 0.3) is 0 Å². The molecule has 1 aromatic heterocycles. The molecule has 23 heavy (non-hydrogen) atoms. The van der Waals surface area contributed by atoms with Crippen molar-refractivity contribution in [2.24, 2.45) is 11.3 Å². The van der Waals surface area contributed by atoms with Crippen molar-refractivity contribution in [3.05, 3.63) is 67.9 Å². The van der Waals surface area contributed by atoms with Crippen molar-refractivity contribution in [1.29, 1.82) is 0 Å². The number of benzene rings is 1. The molecule has 0 saturated heterocycles. The molecule has 0 radical (unpaired) electrons. The van der Waals surface area contributed by atoms with Gasteiger partial charge in [-0.2, -0.15) is 7.05 Å². The zero-order valence-electron chi connectivity index (χ0n) is 14.3. The number of hydrogen-bond acceptors (Lipinski definition) is 0. The molecular weight excluding hydrogens is 280 g/mol. The summed E-state index contributed by atoms with van der Waals surface area (Å²) in [5.74, 6) is 0.892. The first-order valence-electron chi connectivity index (χ1n) is 8.49. The number of aromatic amines is 1. The quantitative estimate of drug-likeness (QED) is 0.628. The maximum absolute atomic E-state index is 4.29. The summed E-state index contributed by atoms with van der Waals surface area (Å²) in [6, 6.07) is 8.94. The van der Waals surface area contributed by atoms with Gasteiger partial charge in [-0.3, -0.25) is 0 Å². The van der Waals surface area contributed by atoms with Crippen LogP contribution in [0, 0.1) is 18.4 Å². The summed E-state index contributed by atoms with van der Waals surface area (Å²) in [6.07, 6.45) is 6.63. The molecule has 1 saturated carbocycles. The Morgan fingerprint density at radius 3 is 2.83 bits per heavy atom. The number of para-hydroxylation sites is 1. The van der Waals surface area contributed by atoms with Crippen molar-refractivity contribution < 1.29 is 5.32 Å². The minimum atomic E-state index is 0.0940. The van der Waals surface area contributed by atoms with Gasteiger partial charge in [0.15, 0.2) is 0 Å². The summed E-state index contributed by atoms with van der Waals surface area (Å²) in [4.78, 5) is 3.45. The summed E-state index contributed by atoms with van der Waals surface area (Å²) >= 11 is 0. The third-order valence-corrected chi connectivity index (χ3v) is 5.91. The number of H-pyrrole nitrogens is 1. The summed E-state index contributed by atoms with van der Waals surface area (Å²) in [7, 11) is 4.17. The van der Waals surface area contributed by atoms with Crippen molar-refractivity contribution in [2.75, 3.05) is 0 Å². The fourth-order valence-electron chi connectivity index (χ4n) is 4.46. The lowest BCUT2D eigenvalue weighted by atomic mass is 9.59. The highest BCUT2D eigenvalue weighted by molar-refractivity contribution is 5.83. The predicted octanol–water partition coefficient (Wildman–Crippen LogP) is 4.15. The average Bonchev–Trinajstić information content (AvgIpc) is 2.97. The molecule has 0 spiro atoms. The standard InChI is InChI=1S/C21H28N2/c1-6-21(4)12-11-15(14(2)3)19(20(21)22-5)17-13-23-18-10-8-7-9-16(17)18/h6-10,13,15,19-20,23H,1-2,5,11-12,22H2,3-4H3. The molecule has 1 aliphatic carbocycles. The van der Waals surface area contributed by atoms with Crippen LogP contribution in [0.1, 0.15) is 38.2 Å². The van der Waals surface area contributed by atoms with Crippen molar-refractivity contribution >= 4 is 10.9 Å². The largest absolute Gasteiger partial charge is 0.475 e. The number of rotatable bonds is 4. The van der Waals surface area contributed by atoms with E-state index in [0.29, 0.717) is 17.9 Å². The van der Waals surface area contributed by atoms with Crippen LogP contribution in [-0.2, 0) is 0 Å². The van der Waals surface area contributed by atoms with Crippen LogP contribution >= 0.6 is 0 Å². The molecular formula is C21H28N2. The smallest absolute Gasteiger partial charge is 0.0785 e. The second-order valence-electron chi connectivity index (χ2n) is 7.28. The fourth-order valence-corrected chi connectivity index (χ4v) is 4.46. The molecule has 0 aliphatic heterocycles. The summed E-state index contributed by atoms with van der Waals surface area (Å²) in [5, 5.41) is 3.47. The molecule has 122 valence electrons. The van der Waals surface area contributed by atoms with Crippen LogP contribution in [0.4, 0.5) is 0 Å². The second kappa shape index (κ2) is 6.01. The van der Waals surface area contributed by atoms with Gasteiger partial charge in [-0.05, 0) is 37.3 Å². The van der Waals surface area contributed by atoms with E-state index in [1.807, 2.05) is 0 Å². The Balaban J connectivity index is 2.16. The summed E-state index contributed by atoms with van der Waals surface area (Å²) < 4.78 is 0. The SMILES string of the molecule is C=CC1(C)CCC(C(=C)C)C(c2c[nH]c3ccccc23)C1[NH2+][CH2-]. The van der Waals surface area contributed by atoms with E-state index < -0.39 is 0 Å². The first-order chi connectivity index (χ1) is 11.0. The lowest BCUT2D eigenvalue weighted by molar-refractivity contribution is -0.653. The first kappa shape index (κ1) is 16.1. The van der Waals surface area contributed by atoms with E-state index >= 15 is 0 Å². The zero-order chi connectivity index (χ0) is 16.6. The van der Waals surface area contributed by atoms with Crippen LogP contribution < -0.4 is 5.32 Å². The second-order valence-corrected chi connectivity index (χ2v) is 7.28. The van der Waals surface area contributed by atoms with Gasteiger partial charge in [0.1, 0.15) is 0 Å². The van der Waals surface area contributed by atoms with Gasteiger partial charge >= 0.3 is 0 Å². The van der Waals surface area contributed by atoms with Crippen LogP contribution in [-0.4, -0.2) is 11.0 Å². The molecule has 1 fully saturated rings. The van der Waals surface area contributed by atoms with E-state index in [1.54, 1.807) is 0 Å².